The van der Waals surface area contributed by atoms with Crippen LogP contribution in [-0.4, -0.2) is 6.79 Å². The van der Waals surface area contributed by atoms with Crippen LogP contribution in [0.3, 0.4) is 0 Å². The minimum Gasteiger partial charge on any atom is -0.309 e. The van der Waals surface area contributed by atoms with E-state index < -0.39 is 0 Å². The molecule has 11 heavy (non-hydrogen) atoms. The van der Waals surface area contributed by atoms with Gasteiger partial charge in [-0.1, -0.05) is 30.0 Å². The summed E-state index contributed by atoms with van der Waals surface area (Å²) in [7, 11) is 0. The number of hydrogen-bond acceptors (Lipinski definition) is 3. The van der Waals surface area contributed by atoms with Crippen LogP contribution in [0, 0.1) is 5.62 Å². The monoisotopic (exact) mass is 167 g/mol. The summed E-state index contributed by atoms with van der Waals surface area (Å²) >= 11 is 1.50. The lowest BCUT2D eigenvalue weighted by Gasteiger charge is -2.23. The largest absolute Gasteiger partial charge is 0.309 e. The van der Waals surface area contributed by atoms with Gasteiger partial charge in [0.1, 0.15) is 0 Å². The van der Waals surface area contributed by atoms with Crippen LogP contribution in [0.4, 0.5) is 0 Å². The number of hydrogen-bond donors (Lipinski definition) is 0. The Morgan fingerprint density at radius 3 is 2.36 bits per heavy atom. The van der Waals surface area contributed by atoms with Crippen LogP contribution in [0.15, 0.2) is 35.2 Å². The summed E-state index contributed by atoms with van der Waals surface area (Å²) in [5.74, 6) is 0. The molecule has 1 radical (unpaired) electrons. The fourth-order valence-electron chi connectivity index (χ4n) is 0.751. The number of rotatable bonds is 2. The summed E-state index contributed by atoms with van der Waals surface area (Å²) in [6.07, 6.45) is 0. The van der Waals surface area contributed by atoms with Crippen LogP contribution in [0.25, 0.3) is 0 Å². The standard InChI is InChI=1S/C8H7O2S/c1-2-4-7(5-3-1)11-8-9-6-10-8/h1-5H,6H2. The zero-order chi connectivity index (χ0) is 7.52. The molecule has 0 aromatic heterocycles. The van der Waals surface area contributed by atoms with Crippen LogP contribution in [-0.2, 0) is 9.47 Å². The minimum absolute atomic E-state index is 0.398. The molecule has 0 bridgehead atoms. The lowest BCUT2D eigenvalue weighted by Crippen LogP contribution is -2.18. The van der Waals surface area contributed by atoms with Crippen molar-refractivity contribution in [1.29, 1.82) is 0 Å². The van der Waals surface area contributed by atoms with Crippen molar-refractivity contribution in [2.24, 2.45) is 0 Å². The van der Waals surface area contributed by atoms with Crippen LogP contribution in [0.1, 0.15) is 0 Å². The van der Waals surface area contributed by atoms with Crippen LogP contribution >= 0.6 is 11.8 Å². The Labute approximate surface area is 69.5 Å². The van der Waals surface area contributed by atoms with Gasteiger partial charge in [-0.2, -0.15) is 0 Å². The third-order valence-electron chi connectivity index (χ3n) is 1.30. The average molecular weight is 167 g/mol. The molecule has 1 saturated heterocycles. The molecule has 0 aliphatic carbocycles. The summed E-state index contributed by atoms with van der Waals surface area (Å²) < 4.78 is 9.98. The van der Waals surface area contributed by atoms with Gasteiger partial charge < -0.3 is 9.47 Å². The molecule has 1 heterocycles. The highest BCUT2D eigenvalue weighted by Crippen LogP contribution is 2.35. The first-order valence-electron chi connectivity index (χ1n) is 3.30. The summed E-state index contributed by atoms with van der Waals surface area (Å²) in [5.41, 5.74) is 0.649. The van der Waals surface area contributed by atoms with E-state index in [0.717, 1.165) is 4.90 Å². The summed E-state index contributed by atoms with van der Waals surface area (Å²) in [4.78, 5) is 1.14. The average Bonchev–Trinajstić information content (AvgIpc) is 1.99. The molecule has 0 spiro atoms. The third kappa shape index (κ3) is 1.74. The molecule has 0 N–H and O–H groups in total. The molecule has 0 unspecified atom stereocenters. The molecular formula is C8H7O2S. The van der Waals surface area contributed by atoms with Crippen molar-refractivity contribution in [3.8, 4) is 0 Å². The van der Waals surface area contributed by atoms with Crippen molar-refractivity contribution in [1.82, 2.24) is 0 Å². The highest BCUT2D eigenvalue weighted by molar-refractivity contribution is 8.01. The maximum absolute atomic E-state index is 4.99. The Hall–Kier alpha value is -0.510. The van der Waals surface area contributed by atoms with Gasteiger partial charge in [-0.25, -0.2) is 0 Å². The van der Waals surface area contributed by atoms with Crippen molar-refractivity contribution >= 4 is 11.8 Å². The number of thioether (sulfide) groups is 1. The van der Waals surface area contributed by atoms with Crippen molar-refractivity contribution in [3.63, 3.8) is 0 Å². The van der Waals surface area contributed by atoms with Crippen LogP contribution in [0.5, 0.6) is 0 Å². The van der Waals surface area contributed by atoms with E-state index >= 15 is 0 Å². The van der Waals surface area contributed by atoms with Gasteiger partial charge >= 0.3 is 0 Å². The molecule has 0 atom stereocenters. The maximum atomic E-state index is 4.99. The lowest BCUT2D eigenvalue weighted by atomic mass is 10.4. The van der Waals surface area contributed by atoms with Gasteiger partial charge in [0.25, 0.3) is 5.62 Å². The van der Waals surface area contributed by atoms with Gasteiger partial charge in [0.2, 0.25) is 0 Å². The molecular weight excluding hydrogens is 160 g/mol. The lowest BCUT2D eigenvalue weighted by molar-refractivity contribution is -0.197. The highest BCUT2D eigenvalue weighted by Gasteiger charge is 2.22. The van der Waals surface area contributed by atoms with Gasteiger partial charge in [-0.15, -0.1) is 0 Å². The van der Waals surface area contributed by atoms with Crippen molar-refractivity contribution in [2.75, 3.05) is 6.79 Å². The maximum Gasteiger partial charge on any atom is 0.294 e. The zero-order valence-electron chi connectivity index (χ0n) is 5.82. The van der Waals surface area contributed by atoms with E-state index in [1.807, 2.05) is 30.3 Å². The third-order valence-corrected chi connectivity index (χ3v) is 2.21. The second-order valence-electron chi connectivity index (χ2n) is 2.07. The second kappa shape index (κ2) is 3.26. The van der Waals surface area contributed by atoms with Crippen LogP contribution < -0.4 is 0 Å². The molecule has 0 saturated carbocycles. The predicted molar refractivity (Wildman–Crippen MR) is 42.6 cm³/mol. The summed E-state index contributed by atoms with van der Waals surface area (Å²) in [6, 6.07) is 9.99. The number of ether oxygens (including phenoxy) is 2. The van der Waals surface area contributed by atoms with E-state index in [1.54, 1.807) is 0 Å². The SMILES string of the molecule is c1ccc(S[C]2OCO2)cc1. The van der Waals surface area contributed by atoms with Gasteiger partial charge in [0.15, 0.2) is 6.79 Å². The molecule has 2 rings (SSSR count). The zero-order valence-corrected chi connectivity index (χ0v) is 6.64. The minimum atomic E-state index is 0.398. The molecule has 1 aliphatic heterocycles. The molecule has 1 aliphatic rings. The van der Waals surface area contributed by atoms with Gasteiger partial charge in [-0.3, -0.25) is 0 Å². The Morgan fingerprint density at radius 1 is 1.09 bits per heavy atom. The van der Waals surface area contributed by atoms with Crippen molar-refractivity contribution in [3.05, 3.63) is 36.0 Å². The Balaban J connectivity index is 1.95. The Bertz CT molecular complexity index is 221. The van der Waals surface area contributed by atoms with Crippen LogP contribution in [0.2, 0.25) is 0 Å². The summed E-state index contributed by atoms with van der Waals surface area (Å²) in [5, 5.41) is 0. The molecule has 0 amide bonds. The second-order valence-corrected chi connectivity index (χ2v) is 3.08. The van der Waals surface area contributed by atoms with E-state index in [-0.39, 0.29) is 0 Å². The van der Waals surface area contributed by atoms with E-state index in [2.05, 4.69) is 0 Å². The Kier molecular flexibility index (Phi) is 2.12. The first kappa shape index (κ1) is 7.16. The van der Waals surface area contributed by atoms with Gasteiger partial charge in [0.05, 0.1) is 0 Å². The highest BCUT2D eigenvalue weighted by atomic mass is 32.2. The number of benzene rings is 1. The molecule has 1 aromatic carbocycles. The quantitative estimate of drug-likeness (QED) is 0.673. The smallest absolute Gasteiger partial charge is 0.294 e. The topological polar surface area (TPSA) is 18.5 Å². The molecule has 2 nitrogen and oxygen atoms in total. The van der Waals surface area contributed by atoms with Crippen molar-refractivity contribution in [2.45, 2.75) is 4.90 Å². The molecule has 57 valence electrons. The first-order valence-corrected chi connectivity index (χ1v) is 4.12. The Morgan fingerprint density at radius 2 is 1.82 bits per heavy atom. The van der Waals surface area contributed by atoms with E-state index in [0.29, 0.717) is 12.4 Å². The summed E-state index contributed by atoms with van der Waals surface area (Å²) in [6.45, 7) is 0.398. The first-order chi connectivity index (χ1) is 5.45. The molecule has 1 aromatic rings. The van der Waals surface area contributed by atoms with Gasteiger partial charge in [-0.05, 0) is 12.1 Å². The molecule has 1 fully saturated rings. The fourth-order valence-corrected chi connectivity index (χ4v) is 1.45. The van der Waals surface area contributed by atoms with E-state index in [1.165, 1.54) is 11.8 Å². The van der Waals surface area contributed by atoms with E-state index in [4.69, 9.17) is 9.47 Å². The predicted octanol–water partition coefficient (Wildman–Crippen LogP) is 2.23. The fraction of sp³-hybridized carbons (Fsp3) is 0.125. The van der Waals surface area contributed by atoms with Gasteiger partial charge in [0, 0.05) is 4.90 Å². The normalized spacial score (nSPS) is 17.8. The van der Waals surface area contributed by atoms with Crippen molar-refractivity contribution < 1.29 is 9.47 Å². The van der Waals surface area contributed by atoms with E-state index in [9.17, 15) is 0 Å². The molecule has 3 heteroatoms.